The van der Waals surface area contributed by atoms with Gasteiger partial charge in [-0.25, -0.2) is 4.79 Å². The number of benzene rings is 1. The van der Waals surface area contributed by atoms with Crippen molar-refractivity contribution in [2.45, 2.75) is 26.7 Å². The fourth-order valence-electron chi connectivity index (χ4n) is 1.84. The van der Waals surface area contributed by atoms with Gasteiger partial charge < -0.3 is 14.9 Å². The Morgan fingerprint density at radius 1 is 1.26 bits per heavy atom. The highest BCUT2D eigenvalue weighted by Gasteiger charge is 2.30. The summed E-state index contributed by atoms with van der Waals surface area (Å²) >= 11 is 5.10. The third-order valence-electron chi connectivity index (χ3n) is 2.83. The van der Waals surface area contributed by atoms with Gasteiger partial charge in [-0.15, -0.1) is 0 Å². The predicted molar refractivity (Wildman–Crippen MR) is 91.0 cm³/mol. The molecule has 124 valence electrons. The largest absolute Gasteiger partial charge is 0.465 e. The second-order valence-electron chi connectivity index (χ2n) is 4.65. The van der Waals surface area contributed by atoms with E-state index in [0.29, 0.717) is 18.6 Å². The predicted octanol–water partition coefficient (Wildman–Crippen LogP) is 3.10. The zero-order chi connectivity index (χ0) is 17.2. The highest BCUT2D eigenvalue weighted by atomic mass is 32.1. The first-order valence-corrected chi connectivity index (χ1v) is 7.72. The van der Waals surface area contributed by atoms with Gasteiger partial charge in [0.25, 0.3) is 0 Å². The SMILES string of the molecule is CCCC(=N)C(C(=O)OCC)C(=S)NC(=O)Oc1ccccc1. The van der Waals surface area contributed by atoms with Crippen LogP contribution in [0.2, 0.25) is 0 Å². The topological polar surface area (TPSA) is 88.5 Å². The van der Waals surface area contributed by atoms with Gasteiger partial charge in [-0.05, 0) is 25.5 Å². The monoisotopic (exact) mass is 336 g/mol. The number of thiocarbonyl (C=S) groups is 1. The molecule has 1 unspecified atom stereocenters. The lowest BCUT2D eigenvalue weighted by Gasteiger charge is -2.18. The minimum absolute atomic E-state index is 0.0946. The molecule has 0 saturated carbocycles. The Labute approximate surface area is 140 Å². The van der Waals surface area contributed by atoms with Crippen molar-refractivity contribution in [3.05, 3.63) is 30.3 Å². The molecule has 0 aliphatic heterocycles. The average molecular weight is 336 g/mol. The number of carbonyl (C=O) groups is 2. The summed E-state index contributed by atoms with van der Waals surface area (Å²) in [5, 5.41) is 10.3. The highest BCUT2D eigenvalue weighted by molar-refractivity contribution is 7.80. The van der Waals surface area contributed by atoms with Crippen LogP contribution in [0.3, 0.4) is 0 Å². The lowest BCUT2D eigenvalue weighted by molar-refractivity contribution is -0.143. The maximum atomic E-state index is 12.0. The number of esters is 1. The molecule has 0 saturated heterocycles. The molecule has 0 fully saturated rings. The van der Waals surface area contributed by atoms with Gasteiger partial charge in [0.1, 0.15) is 16.7 Å². The Hall–Kier alpha value is -2.28. The van der Waals surface area contributed by atoms with Crippen molar-refractivity contribution in [3.63, 3.8) is 0 Å². The molecule has 1 amide bonds. The summed E-state index contributed by atoms with van der Waals surface area (Å²) in [6, 6.07) is 8.46. The first-order valence-electron chi connectivity index (χ1n) is 7.31. The Morgan fingerprint density at radius 2 is 1.91 bits per heavy atom. The second kappa shape index (κ2) is 9.68. The number of amides is 1. The lowest BCUT2D eigenvalue weighted by Crippen LogP contribution is -2.43. The molecule has 0 aromatic heterocycles. The number of para-hydroxylation sites is 1. The van der Waals surface area contributed by atoms with E-state index in [4.69, 9.17) is 27.1 Å². The number of hydrogen-bond donors (Lipinski definition) is 2. The van der Waals surface area contributed by atoms with Crippen molar-refractivity contribution in [2.24, 2.45) is 5.92 Å². The number of nitrogens with one attached hydrogen (secondary N) is 2. The van der Waals surface area contributed by atoms with E-state index < -0.39 is 18.0 Å². The minimum Gasteiger partial charge on any atom is -0.465 e. The van der Waals surface area contributed by atoms with E-state index >= 15 is 0 Å². The van der Waals surface area contributed by atoms with E-state index in [0.717, 1.165) is 0 Å². The summed E-state index contributed by atoms with van der Waals surface area (Å²) in [5.74, 6) is -1.37. The molecule has 0 heterocycles. The molecular weight excluding hydrogens is 316 g/mol. The zero-order valence-electron chi connectivity index (χ0n) is 13.1. The number of hydrogen-bond acceptors (Lipinski definition) is 6. The van der Waals surface area contributed by atoms with Crippen LogP contribution in [0.15, 0.2) is 30.3 Å². The number of ether oxygens (including phenoxy) is 2. The fourth-order valence-corrected chi connectivity index (χ4v) is 2.16. The molecule has 1 aromatic rings. The Kier molecular flexibility index (Phi) is 7.90. The highest BCUT2D eigenvalue weighted by Crippen LogP contribution is 2.11. The quantitative estimate of drug-likeness (QED) is 0.454. The van der Waals surface area contributed by atoms with E-state index in [1.54, 1.807) is 37.3 Å². The van der Waals surface area contributed by atoms with E-state index in [-0.39, 0.29) is 17.3 Å². The van der Waals surface area contributed by atoms with Crippen LogP contribution in [0.25, 0.3) is 0 Å². The molecule has 7 heteroatoms. The standard InChI is InChI=1S/C16H20N2O4S/c1-3-8-12(17)13(15(19)21-4-2)14(23)18-16(20)22-11-9-6-5-7-10-11/h5-7,9-10,13,17H,3-4,8H2,1-2H3,(H,18,20,23). The first-order chi connectivity index (χ1) is 11.0. The third-order valence-corrected chi connectivity index (χ3v) is 3.17. The molecule has 0 spiro atoms. The van der Waals surface area contributed by atoms with Gasteiger partial charge in [-0.3, -0.25) is 10.1 Å². The first kappa shape index (κ1) is 18.8. The molecule has 23 heavy (non-hydrogen) atoms. The van der Waals surface area contributed by atoms with Crippen LogP contribution in [-0.2, 0) is 9.53 Å². The summed E-state index contributed by atoms with van der Waals surface area (Å²) < 4.78 is 9.99. The third kappa shape index (κ3) is 6.15. The zero-order valence-corrected chi connectivity index (χ0v) is 13.9. The molecule has 2 N–H and O–H groups in total. The molecule has 1 rings (SSSR count). The maximum absolute atomic E-state index is 12.0. The van der Waals surface area contributed by atoms with Crippen LogP contribution in [0.5, 0.6) is 5.75 Å². The van der Waals surface area contributed by atoms with Gasteiger partial charge in [0.2, 0.25) is 0 Å². The summed E-state index contributed by atoms with van der Waals surface area (Å²) in [6.45, 7) is 3.72. The van der Waals surface area contributed by atoms with Gasteiger partial charge in [0.15, 0.2) is 0 Å². The summed E-state index contributed by atoms with van der Waals surface area (Å²) in [6.07, 6.45) is 0.269. The van der Waals surface area contributed by atoms with E-state index in [1.165, 1.54) is 0 Å². The van der Waals surface area contributed by atoms with Crippen LogP contribution >= 0.6 is 12.2 Å². The Balaban J connectivity index is 2.74. The van der Waals surface area contributed by atoms with Gasteiger partial charge >= 0.3 is 12.1 Å². The number of rotatable bonds is 7. The smallest absolute Gasteiger partial charge is 0.417 e. The fraction of sp³-hybridized carbons (Fsp3) is 0.375. The summed E-state index contributed by atoms with van der Waals surface area (Å²) in [7, 11) is 0. The maximum Gasteiger partial charge on any atom is 0.417 e. The van der Waals surface area contributed by atoms with Crippen molar-refractivity contribution in [2.75, 3.05) is 6.61 Å². The molecule has 0 aliphatic rings. The van der Waals surface area contributed by atoms with Crippen LogP contribution in [0, 0.1) is 11.3 Å². The van der Waals surface area contributed by atoms with Gasteiger partial charge in [0.05, 0.1) is 6.61 Å². The molecule has 0 radical (unpaired) electrons. The van der Waals surface area contributed by atoms with E-state index in [9.17, 15) is 9.59 Å². The van der Waals surface area contributed by atoms with Crippen molar-refractivity contribution in [1.82, 2.24) is 5.32 Å². The number of carbonyl (C=O) groups excluding carboxylic acids is 2. The lowest BCUT2D eigenvalue weighted by atomic mass is 9.99. The summed E-state index contributed by atoms with van der Waals surface area (Å²) in [5.41, 5.74) is 0.107. The van der Waals surface area contributed by atoms with Crippen molar-refractivity contribution in [3.8, 4) is 5.75 Å². The normalized spacial score (nSPS) is 11.2. The van der Waals surface area contributed by atoms with Crippen LogP contribution in [0.1, 0.15) is 26.7 Å². The molecule has 1 aromatic carbocycles. The van der Waals surface area contributed by atoms with Crippen molar-refractivity contribution < 1.29 is 19.1 Å². The van der Waals surface area contributed by atoms with Crippen LogP contribution < -0.4 is 10.1 Å². The van der Waals surface area contributed by atoms with E-state index in [2.05, 4.69) is 5.32 Å². The molecular formula is C16H20N2O4S. The van der Waals surface area contributed by atoms with Crippen LogP contribution in [-0.4, -0.2) is 29.4 Å². The van der Waals surface area contributed by atoms with Gasteiger partial charge in [-0.1, -0.05) is 43.8 Å². The summed E-state index contributed by atoms with van der Waals surface area (Å²) in [4.78, 5) is 23.7. The Bertz CT molecular complexity index is 557. The van der Waals surface area contributed by atoms with Gasteiger partial charge in [-0.2, -0.15) is 0 Å². The molecule has 0 aliphatic carbocycles. The molecule has 1 atom stereocenters. The van der Waals surface area contributed by atoms with Crippen LogP contribution in [0.4, 0.5) is 4.79 Å². The minimum atomic E-state index is -1.08. The Morgan fingerprint density at radius 3 is 2.48 bits per heavy atom. The second-order valence-corrected chi connectivity index (χ2v) is 5.09. The molecule has 6 nitrogen and oxygen atoms in total. The van der Waals surface area contributed by atoms with E-state index in [1.807, 2.05) is 6.92 Å². The van der Waals surface area contributed by atoms with Crippen molar-refractivity contribution in [1.29, 1.82) is 5.41 Å². The van der Waals surface area contributed by atoms with Crippen molar-refractivity contribution >= 4 is 35.0 Å². The van der Waals surface area contributed by atoms with Gasteiger partial charge in [0, 0.05) is 5.71 Å². The molecule has 0 bridgehead atoms. The average Bonchev–Trinajstić information content (AvgIpc) is 2.48.